The molecule has 0 fully saturated rings. The molecule has 2 aromatic rings. The standard InChI is InChI=1S/C16H22N2S/c1-5-13-6-7-14(19-13)9-15(17-4)16-12(3)8-11(2)10-18-16/h6-8,10,15,17H,5,9H2,1-4H3. The number of nitrogens with one attached hydrogen (secondary N) is 1. The summed E-state index contributed by atoms with van der Waals surface area (Å²) in [6.45, 7) is 6.44. The average Bonchev–Trinajstić information content (AvgIpc) is 2.84. The molecule has 2 nitrogen and oxygen atoms in total. The van der Waals surface area contributed by atoms with E-state index in [9.17, 15) is 0 Å². The molecule has 2 aromatic heterocycles. The first kappa shape index (κ1) is 14.2. The Hall–Kier alpha value is -1.19. The normalized spacial score (nSPS) is 12.6. The number of aromatic nitrogens is 1. The van der Waals surface area contributed by atoms with Gasteiger partial charge < -0.3 is 5.32 Å². The number of hydrogen-bond acceptors (Lipinski definition) is 3. The minimum absolute atomic E-state index is 0.295. The number of aryl methyl sites for hydroxylation is 3. The van der Waals surface area contributed by atoms with Crippen molar-refractivity contribution in [2.75, 3.05) is 7.05 Å². The van der Waals surface area contributed by atoms with Gasteiger partial charge in [0.25, 0.3) is 0 Å². The zero-order valence-corrected chi connectivity index (χ0v) is 13.0. The summed E-state index contributed by atoms with van der Waals surface area (Å²) in [7, 11) is 2.01. The van der Waals surface area contributed by atoms with Gasteiger partial charge in [-0.25, -0.2) is 0 Å². The zero-order valence-electron chi connectivity index (χ0n) is 12.2. The largest absolute Gasteiger partial charge is 0.311 e. The Balaban J connectivity index is 2.19. The minimum Gasteiger partial charge on any atom is -0.311 e. The highest BCUT2D eigenvalue weighted by atomic mass is 32.1. The van der Waals surface area contributed by atoms with Crippen LogP contribution in [0.3, 0.4) is 0 Å². The van der Waals surface area contributed by atoms with Crippen LogP contribution in [-0.2, 0) is 12.8 Å². The van der Waals surface area contributed by atoms with E-state index >= 15 is 0 Å². The van der Waals surface area contributed by atoms with Gasteiger partial charge in [0, 0.05) is 22.4 Å². The summed E-state index contributed by atoms with van der Waals surface area (Å²) >= 11 is 1.91. The number of thiophene rings is 1. The van der Waals surface area contributed by atoms with Crippen molar-refractivity contribution < 1.29 is 0 Å². The molecule has 2 heterocycles. The van der Waals surface area contributed by atoms with Crippen molar-refractivity contribution in [1.29, 1.82) is 0 Å². The van der Waals surface area contributed by atoms with E-state index in [1.54, 1.807) is 0 Å². The van der Waals surface area contributed by atoms with Gasteiger partial charge >= 0.3 is 0 Å². The summed E-state index contributed by atoms with van der Waals surface area (Å²) in [6, 6.07) is 6.99. The molecule has 0 saturated heterocycles. The van der Waals surface area contributed by atoms with Crippen molar-refractivity contribution >= 4 is 11.3 Å². The molecule has 1 N–H and O–H groups in total. The molecule has 0 saturated carbocycles. The van der Waals surface area contributed by atoms with Gasteiger partial charge in [-0.2, -0.15) is 0 Å². The van der Waals surface area contributed by atoms with Gasteiger partial charge in [-0.1, -0.05) is 13.0 Å². The number of nitrogens with zero attached hydrogens (tertiary/aromatic N) is 1. The lowest BCUT2D eigenvalue weighted by atomic mass is 10.0. The van der Waals surface area contributed by atoms with Crippen molar-refractivity contribution in [2.45, 2.75) is 39.7 Å². The Labute approximate surface area is 119 Å². The van der Waals surface area contributed by atoms with Crippen molar-refractivity contribution in [2.24, 2.45) is 0 Å². The average molecular weight is 274 g/mol. The first-order valence-corrected chi connectivity index (χ1v) is 7.63. The number of likely N-dealkylation sites (N-methyl/N-ethyl adjacent to an activating group) is 1. The van der Waals surface area contributed by atoms with E-state index in [2.05, 4.69) is 49.3 Å². The van der Waals surface area contributed by atoms with Crippen LogP contribution in [0.4, 0.5) is 0 Å². The van der Waals surface area contributed by atoms with E-state index in [0.717, 1.165) is 12.8 Å². The van der Waals surface area contributed by atoms with Crippen molar-refractivity contribution in [3.63, 3.8) is 0 Å². The first-order chi connectivity index (χ1) is 9.13. The summed E-state index contributed by atoms with van der Waals surface area (Å²) in [4.78, 5) is 7.50. The van der Waals surface area contributed by atoms with Crippen molar-refractivity contribution in [3.8, 4) is 0 Å². The number of hydrogen-bond donors (Lipinski definition) is 1. The first-order valence-electron chi connectivity index (χ1n) is 6.82. The van der Waals surface area contributed by atoms with E-state index < -0.39 is 0 Å². The molecule has 0 radical (unpaired) electrons. The van der Waals surface area contributed by atoms with Gasteiger partial charge in [0.2, 0.25) is 0 Å². The Morgan fingerprint density at radius 1 is 1.26 bits per heavy atom. The smallest absolute Gasteiger partial charge is 0.0606 e. The molecular formula is C16H22N2S. The highest BCUT2D eigenvalue weighted by Gasteiger charge is 2.15. The van der Waals surface area contributed by atoms with Gasteiger partial charge in [0.05, 0.1) is 11.7 Å². The van der Waals surface area contributed by atoms with Crippen LogP contribution in [0.2, 0.25) is 0 Å². The maximum absolute atomic E-state index is 4.61. The number of pyridine rings is 1. The maximum Gasteiger partial charge on any atom is 0.0606 e. The van der Waals surface area contributed by atoms with Crippen LogP contribution in [0.1, 0.15) is 39.5 Å². The van der Waals surface area contributed by atoms with Gasteiger partial charge in [0.15, 0.2) is 0 Å². The van der Waals surface area contributed by atoms with E-state index in [4.69, 9.17) is 0 Å². The van der Waals surface area contributed by atoms with E-state index in [1.165, 1.54) is 26.6 Å². The Kier molecular flexibility index (Phi) is 4.72. The lowest BCUT2D eigenvalue weighted by Crippen LogP contribution is -2.20. The molecule has 0 aliphatic rings. The molecule has 0 aliphatic heterocycles. The van der Waals surface area contributed by atoms with Gasteiger partial charge in [-0.3, -0.25) is 4.98 Å². The molecule has 1 atom stereocenters. The molecule has 1 unspecified atom stereocenters. The van der Waals surface area contributed by atoms with E-state index in [1.807, 2.05) is 24.6 Å². The van der Waals surface area contributed by atoms with E-state index in [-0.39, 0.29) is 0 Å². The van der Waals surface area contributed by atoms with Crippen LogP contribution < -0.4 is 5.32 Å². The summed E-state index contributed by atoms with van der Waals surface area (Å²) in [6.07, 6.45) is 4.09. The summed E-state index contributed by atoms with van der Waals surface area (Å²) in [5.74, 6) is 0. The zero-order chi connectivity index (χ0) is 13.8. The predicted octanol–water partition coefficient (Wildman–Crippen LogP) is 3.83. The molecule has 3 heteroatoms. The molecule has 0 amide bonds. The Morgan fingerprint density at radius 2 is 2.00 bits per heavy atom. The lowest BCUT2D eigenvalue weighted by Gasteiger charge is -2.17. The molecule has 2 rings (SSSR count). The fourth-order valence-corrected chi connectivity index (χ4v) is 3.35. The molecule has 0 aliphatic carbocycles. The Morgan fingerprint density at radius 3 is 2.58 bits per heavy atom. The third-order valence-corrected chi connectivity index (χ3v) is 4.66. The summed E-state index contributed by atoms with van der Waals surface area (Å²) in [5.41, 5.74) is 3.66. The van der Waals surface area contributed by atoms with Crippen LogP contribution in [-0.4, -0.2) is 12.0 Å². The predicted molar refractivity (Wildman–Crippen MR) is 82.9 cm³/mol. The highest BCUT2D eigenvalue weighted by Crippen LogP contribution is 2.25. The van der Waals surface area contributed by atoms with Crippen LogP contribution in [0, 0.1) is 13.8 Å². The lowest BCUT2D eigenvalue weighted by molar-refractivity contribution is 0.576. The molecule has 0 bridgehead atoms. The molecule has 102 valence electrons. The molecule has 0 spiro atoms. The minimum atomic E-state index is 0.295. The molecular weight excluding hydrogens is 252 g/mol. The Bertz CT molecular complexity index is 545. The second kappa shape index (κ2) is 6.31. The van der Waals surface area contributed by atoms with Crippen molar-refractivity contribution in [1.82, 2.24) is 10.3 Å². The monoisotopic (exact) mass is 274 g/mol. The van der Waals surface area contributed by atoms with Gasteiger partial charge in [-0.15, -0.1) is 11.3 Å². The fourth-order valence-electron chi connectivity index (χ4n) is 2.35. The third-order valence-electron chi connectivity index (χ3n) is 3.41. The maximum atomic E-state index is 4.61. The van der Waals surface area contributed by atoms with Crippen LogP contribution in [0.15, 0.2) is 24.4 Å². The molecule has 19 heavy (non-hydrogen) atoms. The van der Waals surface area contributed by atoms with E-state index in [0.29, 0.717) is 6.04 Å². The van der Waals surface area contributed by atoms with Gasteiger partial charge in [0.1, 0.15) is 0 Å². The number of rotatable bonds is 5. The van der Waals surface area contributed by atoms with Gasteiger partial charge in [-0.05, 0) is 50.6 Å². The second-order valence-electron chi connectivity index (χ2n) is 4.98. The third kappa shape index (κ3) is 3.43. The van der Waals surface area contributed by atoms with Crippen LogP contribution >= 0.6 is 11.3 Å². The summed E-state index contributed by atoms with van der Waals surface area (Å²) in [5, 5.41) is 3.40. The highest BCUT2D eigenvalue weighted by molar-refractivity contribution is 7.11. The van der Waals surface area contributed by atoms with Crippen LogP contribution in [0.25, 0.3) is 0 Å². The quantitative estimate of drug-likeness (QED) is 0.896. The molecule has 0 aromatic carbocycles. The van der Waals surface area contributed by atoms with Crippen LogP contribution in [0.5, 0.6) is 0 Å². The second-order valence-corrected chi connectivity index (χ2v) is 6.23. The topological polar surface area (TPSA) is 24.9 Å². The fraction of sp³-hybridized carbons (Fsp3) is 0.438. The SMILES string of the molecule is CCc1ccc(CC(NC)c2ncc(C)cc2C)s1. The van der Waals surface area contributed by atoms with Crippen molar-refractivity contribution in [3.05, 3.63) is 51.0 Å². The summed E-state index contributed by atoms with van der Waals surface area (Å²) < 4.78 is 0.